The Bertz CT molecular complexity index is 1700. The predicted molar refractivity (Wildman–Crippen MR) is 172 cm³/mol. The SMILES string of the molecule is [C-]#[N+]C1(N(COCC[Si](C)(C)C)S(=O)(=O)c2cc(N3CCC(C(C)(C)O)CC3)c3c(c2)c(-c2nnc(C(F)F)s2)nn3C)CC1. The second kappa shape index (κ2) is 12.2. The molecule has 0 bridgehead atoms. The number of sulfonamides is 1. The normalized spacial score (nSPS) is 17.9. The number of fused-ring (bicyclic) bond motifs is 1. The van der Waals surface area contributed by atoms with Gasteiger partial charge in [-0.2, -0.15) is 5.10 Å². The van der Waals surface area contributed by atoms with Gasteiger partial charge >= 0.3 is 5.66 Å². The third-order valence-corrected chi connectivity index (χ3v) is 13.2. The molecule has 0 radical (unpaired) electrons. The highest BCUT2D eigenvalue weighted by atomic mass is 32.2. The van der Waals surface area contributed by atoms with Crippen molar-refractivity contribution >= 4 is 46.0 Å². The predicted octanol–water partition coefficient (Wildman–Crippen LogP) is 5.73. The largest absolute Gasteiger partial charge is 0.390 e. The molecule has 0 spiro atoms. The van der Waals surface area contributed by atoms with Crippen LogP contribution in [0.4, 0.5) is 14.5 Å². The Morgan fingerprint density at radius 2 is 1.91 bits per heavy atom. The standard InChI is InChI=1S/C29H41F2N7O4S2Si/c1-28(2,39)19-8-12-37(13-9-19)22-17-20(16-21-23(35-36(4)24(21)22)26-33-34-27(43-26)25(30)31)44(40,41)38(29(32-3)10-11-29)18-42-14-15-45(5,6)7/h16-17,19,25,39H,8-15,18H2,1-2,4-7H3. The molecule has 0 amide bonds. The number of aliphatic hydroxyl groups is 1. The molecule has 1 N–H and O–H groups in total. The van der Waals surface area contributed by atoms with Gasteiger partial charge in [0, 0.05) is 40.2 Å². The second-order valence-corrected chi connectivity index (χ2v) is 22.3. The van der Waals surface area contributed by atoms with Crippen molar-refractivity contribution in [2.75, 3.05) is 31.3 Å². The summed E-state index contributed by atoms with van der Waals surface area (Å²) in [5.74, 6) is 0.0737. The van der Waals surface area contributed by atoms with Crippen molar-refractivity contribution in [3.63, 3.8) is 0 Å². The molecular formula is C29H41F2N7O4S2Si. The van der Waals surface area contributed by atoms with E-state index in [1.54, 1.807) is 31.6 Å². The Hall–Kier alpha value is -2.55. The Morgan fingerprint density at radius 3 is 2.44 bits per heavy atom. The molecule has 3 aromatic rings. The lowest BCUT2D eigenvalue weighted by molar-refractivity contribution is 0.00652. The van der Waals surface area contributed by atoms with Crippen molar-refractivity contribution in [2.45, 2.75) is 87.8 Å². The van der Waals surface area contributed by atoms with E-state index in [1.165, 1.54) is 10.4 Å². The van der Waals surface area contributed by atoms with Crippen LogP contribution in [0.3, 0.4) is 0 Å². The first-order valence-corrected chi connectivity index (χ1v) is 21.0. The molecule has 45 heavy (non-hydrogen) atoms. The second-order valence-electron chi connectivity index (χ2n) is 13.8. The summed E-state index contributed by atoms with van der Waals surface area (Å²) in [5.41, 5.74) is -0.552. The molecule has 5 rings (SSSR count). The number of halogens is 2. The molecule has 1 saturated carbocycles. The topological polar surface area (TPSA) is 118 Å². The van der Waals surface area contributed by atoms with Gasteiger partial charge in [0.2, 0.25) is 0 Å². The van der Waals surface area contributed by atoms with Crippen LogP contribution in [0.15, 0.2) is 17.0 Å². The van der Waals surface area contributed by atoms with Gasteiger partial charge in [-0.3, -0.25) is 9.53 Å². The third-order valence-electron chi connectivity index (χ3n) is 8.72. The fourth-order valence-electron chi connectivity index (χ4n) is 5.76. The molecule has 246 valence electrons. The number of nitrogens with zero attached hydrogens (tertiary/aromatic N) is 7. The summed E-state index contributed by atoms with van der Waals surface area (Å²) in [5, 5.41) is 23.0. The van der Waals surface area contributed by atoms with Crippen molar-refractivity contribution in [3.8, 4) is 10.7 Å². The van der Waals surface area contributed by atoms with E-state index in [-0.39, 0.29) is 28.2 Å². The molecule has 0 atom stereocenters. The van der Waals surface area contributed by atoms with Gasteiger partial charge in [-0.1, -0.05) is 35.3 Å². The van der Waals surface area contributed by atoms with Crippen LogP contribution in [-0.4, -0.2) is 83.6 Å². The van der Waals surface area contributed by atoms with E-state index in [9.17, 15) is 22.3 Å². The van der Waals surface area contributed by atoms with Gasteiger partial charge in [0.1, 0.15) is 12.4 Å². The number of piperidine rings is 1. The van der Waals surface area contributed by atoms with Gasteiger partial charge in [-0.25, -0.2) is 23.8 Å². The molecule has 1 saturated heterocycles. The van der Waals surface area contributed by atoms with Gasteiger partial charge in [0.15, 0.2) is 10.0 Å². The summed E-state index contributed by atoms with van der Waals surface area (Å²) in [4.78, 5) is 5.78. The minimum absolute atomic E-state index is 0.0359. The van der Waals surface area contributed by atoms with Crippen molar-refractivity contribution in [1.29, 1.82) is 0 Å². The molecule has 2 aromatic heterocycles. The average molecular weight is 682 g/mol. The lowest BCUT2D eigenvalue weighted by atomic mass is 9.83. The molecule has 2 aliphatic rings. The van der Waals surface area contributed by atoms with E-state index >= 15 is 0 Å². The maximum atomic E-state index is 14.5. The van der Waals surface area contributed by atoms with E-state index in [0.29, 0.717) is 73.3 Å². The minimum atomic E-state index is -4.26. The van der Waals surface area contributed by atoms with E-state index in [4.69, 9.17) is 11.3 Å². The van der Waals surface area contributed by atoms with Crippen LogP contribution in [0.25, 0.3) is 26.4 Å². The Kier molecular flexibility index (Phi) is 9.19. The molecule has 16 heteroatoms. The van der Waals surface area contributed by atoms with Gasteiger partial charge in [-0.15, -0.1) is 10.2 Å². The average Bonchev–Trinajstić information content (AvgIpc) is 3.44. The number of benzene rings is 1. The summed E-state index contributed by atoms with van der Waals surface area (Å²) in [7, 11) is -3.97. The molecule has 1 aromatic carbocycles. The fraction of sp³-hybridized carbons (Fsp3) is 0.655. The highest BCUT2D eigenvalue weighted by molar-refractivity contribution is 7.89. The summed E-state index contributed by atoms with van der Waals surface area (Å²) in [6.45, 7) is 19.4. The van der Waals surface area contributed by atoms with Crippen LogP contribution in [0.5, 0.6) is 0 Å². The molecule has 2 fully saturated rings. The lowest BCUT2D eigenvalue weighted by Crippen LogP contribution is -2.43. The van der Waals surface area contributed by atoms with Crippen LogP contribution in [0, 0.1) is 12.5 Å². The number of aromatic nitrogens is 4. The quantitative estimate of drug-likeness (QED) is 0.112. The smallest absolute Gasteiger partial charge is 0.303 e. The Balaban J connectivity index is 1.62. The summed E-state index contributed by atoms with van der Waals surface area (Å²) in [6.07, 6.45) is -0.595. The number of ether oxygens (including phenoxy) is 1. The fourth-order valence-corrected chi connectivity index (χ4v) is 8.88. The van der Waals surface area contributed by atoms with Crippen molar-refractivity contribution in [3.05, 3.63) is 28.6 Å². The molecule has 1 aliphatic heterocycles. The van der Waals surface area contributed by atoms with Crippen LogP contribution < -0.4 is 4.90 Å². The van der Waals surface area contributed by atoms with Crippen molar-refractivity contribution in [2.24, 2.45) is 13.0 Å². The van der Waals surface area contributed by atoms with Crippen LogP contribution in [0.2, 0.25) is 25.7 Å². The molecular weight excluding hydrogens is 641 g/mol. The van der Waals surface area contributed by atoms with E-state index in [2.05, 4.69) is 44.7 Å². The van der Waals surface area contributed by atoms with E-state index in [0.717, 1.165) is 6.04 Å². The first-order chi connectivity index (χ1) is 21.0. The number of hydrogen-bond donors (Lipinski definition) is 1. The number of alkyl halides is 2. The van der Waals surface area contributed by atoms with Gasteiger partial charge in [-0.05, 0) is 50.8 Å². The molecule has 3 heterocycles. The maximum Gasteiger partial charge on any atom is 0.303 e. The number of rotatable bonds is 12. The Morgan fingerprint density at radius 1 is 1.24 bits per heavy atom. The van der Waals surface area contributed by atoms with Gasteiger partial charge in [0.05, 0.1) is 34.5 Å². The van der Waals surface area contributed by atoms with E-state index < -0.39 is 40.8 Å². The number of aryl methyl sites for hydroxylation is 1. The highest BCUT2D eigenvalue weighted by Gasteiger charge is 2.61. The zero-order valence-corrected chi connectivity index (χ0v) is 29.2. The van der Waals surface area contributed by atoms with Crippen molar-refractivity contribution in [1.82, 2.24) is 24.3 Å². The zero-order chi connectivity index (χ0) is 32.9. The minimum Gasteiger partial charge on any atom is -0.390 e. The summed E-state index contributed by atoms with van der Waals surface area (Å²) in [6, 6.07) is 3.97. The molecule has 0 unspecified atom stereocenters. The number of hydrogen-bond acceptors (Lipinski definition) is 9. The van der Waals surface area contributed by atoms with Gasteiger partial charge in [0.25, 0.3) is 16.4 Å². The zero-order valence-electron chi connectivity index (χ0n) is 26.5. The monoisotopic (exact) mass is 681 g/mol. The van der Waals surface area contributed by atoms with Crippen LogP contribution in [0.1, 0.15) is 51.0 Å². The van der Waals surface area contributed by atoms with E-state index in [1.807, 2.05) is 0 Å². The first kappa shape index (κ1) is 33.8. The van der Waals surface area contributed by atoms with Gasteiger partial charge < -0.3 is 14.7 Å². The lowest BCUT2D eigenvalue weighted by Gasteiger charge is -2.39. The summed E-state index contributed by atoms with van der Waals surface area (Å²) >= 11 is 0.714. The number of anilines is 1. The molecule has 11 nitrogen and oxygen atoms in total. The Labute approximate surface area is 268 Å². The van der Waals surface area contributed by atoms with Crippen LogP contribution >= 0.6 is 11.3 Å². The summed E-state index contributed by atoms with van der Waals surface area (Å²) < 4.78 is 64.5. The first-order valence-electron chi connectivity index (χ1n) is 15.1. The van der Waals surface area contributed by atoms with Crippen LogP contribution in [-0.2, 0) is 21.8 Å². The van der Waals surface area contributed by atoms with Crippen molar-refractivity contribution < 1.29 is 27.0 Å². The third kappa shape index (κ3) is 6.93. The molecule has 1 aliphatic carbocycles. The maximum absolute atomic E-state index is 14.5. The highest BCUT2D eigenvalue weighted by Crippen LogP contribution is 2.47.